The van der Waals surface area contributed by atoms with Gasteiger partial charge in [-0.2, -0.15) is 0 Å². The van der Waals surface area contributed by atoms with Gasteiger partial charge in [-0.15, -0.1) is 0 Å². The molecule has 3 aliphatic rings. The molecule has 7 N–H and O–H groups in total. The van der Waals surface area contributed by atoms with Crippen LogP contribution in [0.5, 0.6) is 0 Å². The van der Waals surface area contributed by atoms with Crippen LogP contribution in [0, 0.1) is 27.4 Å². The number of nitro groups is 1. The van der Waals surface area contributed by atoms with Gasteiger partial charge in [-0.25, -0.2) is 9.59 Å². The molecule has 352 valence electrons. The maximum Gasteiger partial charge on any atom is 0.336 e. The summed E-state index contributed by atoms with van der Waals surface area (Å²) >= 11 is 0. The van der Waals surface area contributed by atoms with E-state index in [1.807, 2.05) is 0 Å². The third kappa shape index (κ3) is 15.5. The number of nitrogens with zero attached hydrogens (tertiary/aromatic N) is 2. The zero-order valence-corrected chi connectivity index (χ0v) is 37.2. The Morgan fingerprint density at radius 3 is 1.94 bits per heavy atom. The molecule has 1 aromatic rings. The summed E-state index contributed by atoms with van der Waals surface area (Å²) in [5, 5.41) is 29.4. The second-order valence-electron chi connectivity index (χ2n) is 17.5. The molecule has 2 saturated carbocycles. The number of primary amides is 1. The Balaban J connectivity index is 0.00000261. The summed E-state index contributed by atoms with van der Waals surface area (Å²) in [5.41, 5.74) is 4.26. The molecular formula is C44H63N7O13. The van der Waals surface area contributed by atoms with Crippen LogP contribution < -0.4 is 27.0 Å². The normalized spacial score (nSPS) is 18.9. The molecule has 1 aromatic carbocycles. The highest BCUT2D eigenvalue weighted by atomic mass is 16.6. The molecule has 5 atom stereocenters. The van der Waals surface area contributed by atoms with Crippen molar-refractivity contribution < 1.29 is 57.9 Å². The van der Waals surface area contributed by atoms with Gasteiger partial charge in [0.1, 0.15) is 30.2 Å². The van der Waals surface area contributed by atoms with Crippen molar-refractivity contribution in [2.24, 2.45) is 23.0 Å². The number of esters is 1. The lowest BCUT2D eigenvalue weighted by Gasteiger charge is -2.37. The number of carboxylic acid groups (broad SMARTS) is 1. The number of nitrogens with two attached hydrogens (primary N) is 1. The Morgan fingerprint density at radius 1 is 0.875 bits per heavy atom. The number of hydrogen-bond acceptors (Lipinski definition) is 12. The maximum absolute atomic E-state index is 14.5. The lowest BCUT2D eigenvalue weighted by atomic mass is 9.81. The standard InChI is InChI=1S/C43H60N6O11.CH3NO2/c1-43(2,3)35(48-38(54)30(21-13-14-22-32(51)60-4)45-37(53)28-19-11-12-20-29(28)42(58)59)41(57)49-24-27(50)23-31(49)39(55)47-34(26-17-9-6-10-18-26)40(56)46-33(36(44)52)25-15-7-5-8-16-25;1-2(3)4/h11-12,14,19-20,22,25-26,30-31,33-35H,5-10,13,15-18,21,23-24H2,1-4H3,(H2,44,52)(H,45,53)(H,46,56)(H,47,55)(H,48,54)(H,58,59);1H3/b22-14+;/t30-,31-,33-,34-,35+;/m0./s1. The Hall–Kier alpha value is -6.21. The average Bonchev–Trinajstić information content (AvgIpc) is 3.65. The Labute approximate surface area is 372 Å². The van der Waals surface area contributed by atoms with Gasteiger partial charge in [0.05, 0.1) is 24.8 Å². The van der Waals surface area contributed by atoms with Crippen molar-refractivity contribution in [3.63, 3.8) is 0 Å². The number of rotatable bonds is 17. The maximum atomic E-state index is 14.5. The number of carbonyl (C=O) groups is 9. The fourth-order valence-corrected chi connectivity index (χ4v) is 8.34. The summed E-state index contributed by atoms with van der Waals surface area (Å²) in [4.78, 5) is 129. The van der Waals surface area contributed by atoms with Crippen LogP contribution in [0.1, 0.15) is 125 Å². The molecule has 64 heavy (non-hydrogen) atoms. The number of carboxylic acids is 1. The molecule has 2 aliphatic carbocycles. The van der Waals surface area contributed by atoms with Gasteiger partial charge in [0.15, 0.2) is 12.8 Å². The number of methoxy groups -OCH3 is 1. The molecule has 20 nitrogen and oxygen atoms in total. The number of ketones is 1. The van der Waals surface area contributed by atoms with Crippen molar-refractivity contribution >= 4 is 53.2 Å². The average molecular weight is 898 g/mol. The van der Waals surface area contributed by atoms with Crippen molar-refractivity contribution in [1.82, 2.24) is 26.2 Å². The molecule has 1 aliphatic heterocycles. The lowest BCUT2D eigenvalue weighted by Crippen LogP contribution is -2.62. The minimum Gasteiger partial charge on any atom is -0.478 e. The molecule has 0 radical (unpaired) electrons. The molecule has 3 fully saturated rings. The molecular weight excluding hydrogens is 835 g/mol. The predicted octanol–water partition coefficient (Wildman–Crippen LogP) is 2.20. The van der Waals surface area contributed by atoms with Crippen molar-refractivity contribution in [2.75, 3.05) is 20.7 Å². The first-order chi connectivity index (χ1) is 30.2. The number of aromatic carboxylic acids is 1. The molecule has 0 unspecified atom stereocenters. The van der Waals surface area contributed by atoms with E-state index in [1.165, 1.54) is 37.5 Å². The third-order valence-corrected chi connectivity index (χ3v) is 11.7. The van der Waals surface area contributed by atoms with E-state index >= 15 is 0 Å². The van der Waals surface area contributed by atoms with E-state index in [0.717, 1.165) is 69.4 Å². The van der Waals surface area contributed by atoms with E-state index < -0.39 is 100 Å². The van der Waals surface area contributed by atoms with Crippen LogP contribution in [0.3, 0.4) is 0 Å². The molecule has 6 amide bonds. The van der Waals surface area contributed by atoms with Gasteiger partial charge in [0, 0.05) is 17.4 Å². The van der Waals surface area contributed by atoms with E-state index in [1.54, 1.807) is 20.8 Å². The van der Waals surface area contributed by atoms with E-state index in [9.17, 15) is 48.3 Å². The highest BCUT2D eigenvalue weighted by Gasteiger charge is 2.46. The number of benzene rings is 1. The minimum atomic E-state index is -1.36. The third-order valence-electron chi connectivity index (χ3n) is 11.7. The minimum absolute atomic E-state index is 0.0828. The zero-order valence-electron chi connectivity index (χ0n) is 37.2. The van der Waals surface area contributed by atoms with Gasteiger partial charge < -0.3 is 41.7 Å². The first-order valence-electron chi connectivity index (χ1n) is 21.6. The van der Waals surface area contributed by atoms with Crippen LogP contribution in [0.2, 0.25) is 0 Å². The van der Waals surface area contributed by atoms with Gasteiger partial charge in [0.2, 0.25) is 29.5 Å². The van der Waals surface area contributed by atoms with Crippen LogP contribution in [-0.2, 0) is 38.3 Å². The topological polar surface area (TPSA) is 304 Å². The van der Waals surface area contributed by atoms with E-state index in [0.29, 0.717) is 12.8 Å². The number of carbonyl (C=O) groups excluding carboxylic acids is 8. The van der Waals surface area contributed by atoms with Gasteiger partial charge >= 0.3 is 11.9 Å². The van der Waals surface area contributed by atoms with Crippen LogP contribution in [0.15, 0.2) is 36.4 Å². The van der Waals surface area contributed by atoms with Crippen LogP contribution in [0.4, 0.5) is 0 Å². The van der Waals surface area contributed by atoms with Crippen molar-refractivity contribution in [3.05, 3.63) is 57.7 Å². The summed E-state index contributed by atoms with van der Waals surface area (Å²) in [6.45, 7) is 4.58. The first kappa shape index (κ1) is 52.1. The monoisotopic (exact) mass is 897 g/mol. The fraction of sp³-hybridized carbons (Fsp3) is 0.614. The molecule has 0 bridgehead atoms. The number of Topliss-reactive ketones (excluding diaryl/α,β-unsaturated/α-hetero) is 1. The van der Waals surface area contributed by atoms with Crippen molar-refractivity contribution in [1.29, 1.82) is 0 Å². The number of likely N-dealkylation sites (tertiary alicyclic amines) is 1. The van der Waals surface area contributed by atoms with E-state index in [2.05, 4.69) is 26.0 Å². The highest BCUT2D eigenvalue weighted by molar-refractivity contribution is 6.06. The fourth-order valence-electron chi connectivity index (χ4n) is 8.34. The number of allylic oxidation sites excluding steroid dienone is 1. The second-order valence-corrected chi connectivity index (χ2v) is 17.5. The Morgan fingerprint density at radius 2 is 1.42 bits per heavy atom. The molecule has 0 aromatic heterocycles. The summed E-state index contributed by atoms with van der Waals surface area (Å²) in [6, 6.07) is -0.529. The van der Waals surface area contributed by atoms with Gasteiger partial charge in [-0.1, -0.05) is 77.5 Å². The van der Waals surface area contributed by atoms with Gasteiger partial charge in [-0.3, -0.25) is 43.7 Å². The van der Waals surface area contributed by atoms with Crippen LogP contribution in [-0.4, -0.2) is 119 Å². The van der Waals surface area contributed by atoms with Crippen LogP contribution in [0.25, 0.3) is 0 Å². The molecule has 4 rings (SSSR count). The molecule has 20 heteroatoms. The van der Waals surface area contributed by atoms with Crippen molar-refractivity contribution in [2.45, 2.75) is 134 Å². The summed E-state index contributed by atoms with van der Waals surface area (Å²) in [5.74, 6) is -7.18. The molecule has 1 heterocycles. The Bertz CT molecular complexity index is 1910. The molecule has 1 saturated heterocycles. The SMILES string of the molecule is COC(=O)/C=C/CC[C@H](NC(=O)c1ccccc1C(=O)O)C(=O)N[C@H](C(=O)N1CC(=O)C[C@H]1C(=O)N[C@H](C(=O)N[C@H](C(N)=O)C1CCCCC1)C1CCCCC1)C(C)(C)C.C[N+](=O)[O-]. The summed E-state index contributed by atoms with van der Waals surface area (Å²) < 4.78 is 4.61. The number of hydrogen-bond donors (Lipinski definition) is 6. The predicted molar refractivity (Wildman–Crippen MR) is 231 cm³/mol. The second kappa shape index (κ2) is 24.6. The quantitative estimate of drug-likeness (QED) is 0.0566. The highest BCUT2D eigenvalue weighted by Crippen LogP contribution is 2.30. The smallest absolute Gasteiger partial charge is 0.336 e. The number of nitrogens with one attached hydrogen (secondary N) is 4. The van der Waals surface area contributed by atoms with Gasteiger partial charge in [-0.05, 0) is 67.9 Å². The Kier molecular flexibility index (Phi) is 20.0. The number of ether oxygens (including phenoxy) is 1. The van der Waals surface area contributed by atoms with Gasteiger partial charge in [0.25, 0.3) is 5.91 Å². The largest absolute Gasteiger partial charge is 0.478 e. The zero-order chi connectivity index (χ0) is 47.7. The van der Waals surface area contributed by atoms with E-state index in [4.69, 9.17) is 15.8 Å². The van der Waals surface area contributed by atoms with Crippen molar-refractivity contribution in [3.8, 4) is 0 Å². The number of amides is 6. The van der Waals surface area contributed by atoms with Crippen LogP contribution >= 0.6 is 0 Å². The van der Waals surface area contributed by atoms with E-state index in [-0.39, 0.29) is 42.2 Å². The molecule has 0 spiro atoms. The lowest BCUT2D eigenvalue weighted by molar-refractivity contribution is -0.445. The summed E-state index contributed by atoms with van der Waals surface area (Å²) in [7, 11) is 2.08. The first-order valence-corrected chi connectivity index (χ1v) is 21.6. The summed E-state index contributed by atoms with van der Waals surface area (Å²) in [6.07, 6.45) is 10.5.